The summed E-state index contributed by atoms with van der Waals surface area (Å²) >= 11 is 0. The topological polar surface area (TPSA) is 62.7 Å². The van der Waals surface area contributed by atoms with E-state index in [0.717, 1.165) is 48.1 Å². The Labute approximate surface area is 126 Å². The highest BCUT2D eigenvalue weighted by Crippen LogP contribution is 2.13. The molecule has 5 nitrogen and oxygen atoms in total. The maximum atomic E-state index is 4.51. The molecule has 5 heteroatoms. The third-order valence-corrected chi connectivity index (χ3v) is 3.09. The molecule has 112 valence electrons. The second-order valence-electron chi connectivity index (χ2n) is 5.00. The number of pyridine rings is 1. The molecule has 0 bridgehead atoms. The predicted octanol–water partition coefficient (Wildman–Crippen LogP) is 3.18. The molecular formula is C16H23N5. The summed E-state index contributed by atoms with van der Waals surface area (Å²) in [5.74, 6) is 2.58. The molecule has 0 saturated heterocycles. The number of nitrogens with one attached hydrogen (secondary N) is 2. The van der Waals surface area contributed by atoms with Crippen molar-refractivity contribution in [2.24, 2.45) is 0 Å². The van der Waals surface area contributed by atoms with Gasteiger partial charge in [0.15, 0.2) is 0 Å². The summed E-state index contributed by atoms with van der Waals surface area (Å²) in [4.78, 5) is 13.3. The first-order valence-corrected chi connectivity index (χ1v) is 7.48. The quantitative estimate of drug-likeness (QED) is 0.818. The van der Waals surface area contributed by atoms with Crippen molar-refractivity contribution in [3.05, 3.63) is 41.5 Å². The van der Waals surface area contributed by atoms with E-state index in [0.29, 0.717) is 6.54 Å². The molecule has 2 rings (SSSR count). The summed E-state index contributed by atoms with van der Waals surface area (Å²) in [7, 11) is 0. The molecule has 2 aromatic rings. The Morgan fingerprint density at radius 2 is 1.81 bits per heavy atom. The molecule has 0 atom stereocenters. The number of hydrogen-bond donors (Lipinski definition) is 2. The van der Waals surface area contributed by atoms with Crippen LogP contribution in [0.5, 0.6) is 0 Å². The molecule has 21 heavy (non-hydrogen) atoms. The number of anilines is 2. The normalized spacial score (nSPS) is 10.4. The van der Waals surface area contributed by atoms with E-state index in [1.807, 2.05) is 25.3 Å². The van der Waals surface area contributed by atoms with Crippen LogP contribution in [0.1, 0.15) is 37.4 Å². The minimum Gasteiger partial charge on any atom is -0.370 e. The first-order valence-electron chi connectivity index (χ1n) is 7.48. The zero-order chi connectivity index (χ0) is 15.1. The minimum absolute atomic E-state index is 0.709. The minimum atomic E-state index is 0.709. The molecule has 2 heterocycles. The monoisotopic (exact) mass is 285 g/mol. The Morgan fingerprint density at radius 1 is 1.05 bits per heavy atom. The number of nitrogens with zero attached hydrogens (tertiary/aromatic N) is 3. The lowest BCUT2D eigenvalue weighted by Crippen LogP contribution is -2.08. The van der Waals surface area contributed by atoms with E-state index in [1.54, 1.807) is 0 Å². The fraction of sp³-hybridized carbons (Fsp3) is 0.438. The lowest BCUT2D eigenvalue weighted by Gasteiger charge is -2.10. The van der Waals surface area contributed by atoms with E-state index in [-0.39, 0.29) is 0 Å². The summed E-state index contributed by atoms with van der Waals surface area (Å²) in [6, 6.07) is 6.05. The van der Waals surface area contributed by atoms with Crippen molar-refractivity contribution >= 4 is 11.6 Å². The van der Waals surface area contributed by atoms with Crippen LogP contribution in [0.2, 0.25) is 0 Å². The Hall–Kier alpha value is -2.17. The van der Waals surface area contributed by atoms with Crippen LogP contribution in [0.15, 0.2) is 24.4 Å². The van der Waals surface area contributed by atoms with E-state index in [4.69, 9.17) is 0 Å². The van der Waals surface area contributed by atoms with Crippen molar-refractivity contribution in [2.45, 2.75) is 40.2 Å². The van der Waals surface area contributed by atoms with Gasteiger partial charge in [-0.2, -0.15) is 0 Å². The van der Waals surface area contributed by atoms with Crippen LogP contribution in [0.4, 0.5) is 11.6 Å². The highest BCUT2D eigenvalue weighted by atomic mass is 15.1. The number of hydrogen-bond acceptors (Lipinski definition) is 5. The Balaban J connectivity index is 2.05. The molecule has 0 aliphatic rings. The largest absolute Gasteiger partial charge is 0.370 e. The maximum absolute atomic E-state index is 4.51. The maximum Gasteiger partial charge on any atom is 0.132 e. The van der Waals surface area contributed by atoms with E-state index in [2.05, 4.69) is 45.5 Å². The molecule has 0 aliphatic heterocycles. The van der Waals surface area contributed by atoms with E-state index in [1.165, 1.54) is 0 Å². The molecular weight excluding hydrogens is 262 g/mol. The Kier molecular flexibility index (Phi) is 5.49. The molecule has 0 unspecified atom stereocenters. The zero-order valence-corrected chi connectivity index (χ0v) is 13.0. The summed E-state index contributed by atoms with van der Waals surface area (Å²) in [6.45, 7) is 7.81. The van der Waals surface area contributed by atoms with Crippen LogP contribution in [0.25, 0.3) is 0 Å². The first-order chi connectivity index (χ1) is 10.2. The lowest BCUT2D eigenvalue weighted by molar-refractivity contribution is 0.912. The van der Waals surface area contributed by atoms with Gasteiger partial charge in [-0.25, -0.2) is 9.97 Å². The van der Waals surface area contributed by atoms with Gasteiger partial charge in [0, 0.05) is 37.5 Å². The smallest absolute Gasteiger partial charge is 0.132 e. The molecule has 0 aromatic carbocycles. The van der Waals surface area contributed by atoms with Crippen LogP contribution < -0.4 is 10.6 Å². The van der Waals surface area contributed by atoms with Crippen molar-refractivity contribution in [2.75, 3.05) is 17.2 Å². The Bertz CT molecular complexity index is 565. The van der Waals surface area contributed by atoms with E-state index in [9.17, 15) is 0 Å². The third-order valence-electron chi connectivity index (χ3n) is 3.09. The fourth-order valence-electron chi connectivity index (χ4n) is 1.89. The van der Waals surface area contributed by atoms with Gasteiger partial charge in [-0.15, -0.1) is 0 Å². The molecule has 0 amide bonds. The average molecular weight is 285 g/mol. The highest BCUT2D eigenvalue weighted by Gasteiger charge is 2.03. The van der Waals surface area contributed by atoms with Crippen LogP contribution in [0.3, 0.4) is 0 Å². The van der Waals surface area contributed by atoms with Gasteiger partial charge < -0.3 is 10.6 Å². The summed E-state index contributed by atoms with van der Waals surface area (Å²) in [5, 5.41) is 6.65. The number of aromatic nitrogens is 3. The van der Waals surface area contributed by atoms with Crippen LogP contribution in [0, 0.1) is 6.92 Å². The van der Waals surface area contributed by atoms with Crippen molar-refractivity contribution in [1.29, 1.82) is 0 Å². The lowest BCUT2D eigenvalue weighted by atomic mass is 10.2. The SMILES string of the molecule is CCCNc1cc(NCc2ccc(C)nc2)nc(CC)n1. The summed E-state index contributed by atoms with van der Waals surface area (Å²) in [6.07, 6.45) is 3.78. The van der Waals surface area contributed by atoms with Gasteiger partial charge in [-0.3, -0.25) is 4.98 Å². The van der Waals surface area contributed by atoms with Crippen LogP contribution in [-0.2, 0) is 13.0 Å². The van der Waals surface area contributed by atoms with E-state index >= 15 is 0 Å². The second kappa shape index (κ2) is 7.57. The van der Waals surface area contributed by atoms with Gasteiger partial charge in [0.1, 0.15) is 17.5 Å². The number of aryl methyl sites for hydroxylation is 2. The van der Waals surface area contributed by atoms with Crippen LogP contribution >= 0.6 is 0 Å². The summed E-state index contributed by atoms with van der Waals surface area (Å²) in [5.41, 5.74) is 2.17. The van der Waals surface area contributed by atoms with E-state index < -0.39 is 0 Å². The van der Waals surface area contributed by atoms with Gasteiger partial charge in [-0.05, 0) is 25.0 Å². The molecule has 0 radical (unpaired) electrons. The van der Waals surface area contributed by atoms with Gasteiger partial charge in [0.25, 0.3) is 0 Å². The molecule has 0 spiro atoms. The van der Waals surface area contributed by atoms with Crippen molar-refractivity contribution in [1.82, 2.24) is 15.0 Å². The molecule has 2 aromatic heterocycles. The standard InChI is InChI=1S/C16H23N5/c1-4-8-17-15-9-16(21-14(5-2)20-15)19-11-13-7-6-12(3)18-10-13/h6-7,9-10H,4-5,8,11H2,1-3H3,(H2,17,19,20,21). The fourth-order valence-corrected chi connectivity index (χ4v) is 1.89. The molecule has 0 saturated carbocycles. The molecule has 0 aliphatic carbocycles. The van der Waals surface area contributed by atoms with Crippen molar-refractivity contribution in [3.8, 4) is 0 Å². The second-order valence-corrected chi connectivity index (χ2v) is 5.00. The zero-order valence-electron chi connectivity index (χ0n) is 13.0. The predicted molar refractivity (Wildman–Crippen MR) is 86.5 cm³/mol. The van der Waals surface area contributed by atoms with Gasteiger partial charge >= 0.3 is 0 Å². The van der Waals surface area contributed by atoms with Gasteiger partial charge in [0.05, 0.1) is 0 Å². The summed E-state index contributed by atoms with van der Waals surface area (Å²) < 4.78 is 0. The first kappa shape index (κ1) is 15.2. The van der Waals surface area contributed by atoms with Gasteiger partial charge in [-0.1, -0.05) is 19.9 Å². The highest BCUT2D eigenvalue weighted by molar-refractivity contribution is 5.47. The van der Waals surface area contributed by atoms with Gasteiger partial charge in [0.2, 0.25) is 0 Å². The van der Waals surface area contributed by atoms with Crippen LogP contribution in [-0.4, -0.2) is 21.5 Å². The Morgan fingerprint density at radius 3 is 2.43 bits per heavy atom. The van der Waals surface area contributed by atoms with Crippen molar-refractivity contribution in [3.63, 3.8) is 0 Å². The number of rotatable bonds is 7. The molecule has 2 N–H and O–H groups in total. The van der Waals surface area contributed by atoms with Crippen molar-refractivity contribution < 1.29 is 0 Å². The average Bonchev–Trinajstić information content (AvgIpc) is 2.52. The molecule has 0 fully saturated rings. The third kappa shape index (κ3) is 4.70.